The predicted molar refractivity (Wildman–Crippen MR) is 136 cm³/mol. The second kappa shape index (κ2) is 9.37. The molecule has 184 valence electrons. The van der Waals surface area contributed by atoms with Gasteiger partial charge in [0.25, 0.3) is 5.91 Å². The third kappa shape index (κ3) is 4.04. The summed E-state index contributed by atoms with van der Waals surface area (Å²) < 4.78 is 12.8. The number of hydrogen-bond donors (Lipinski definition) is 1. The highest BCUT2D eigenvalue weighted by Gasteiger charge is 2.48. The molecule has 8 heteroatoms. The molecule has 36 heavy (non-hydrogen) atoms. The summed E-state index contributed by atoms with van der Waals surface area (Å²) in [5, 5.41) is 3.05. The van der Waals surface area contributed by atoms with Crippen molar-refractivity contribution < 1.29 is 19.1 Å². The zero-order chi connectivity index (χ0) is 25.3. The molecule has 1 atom stereocenters. The number of para-hydroxylation sites is 2. The van der Waals surface area contributed by atoms with Crippen LogP contribution in [0.4, 0.5) is 0 Å². The number of benzene rings is 3. The Balaban J connectivity index is 1.56. The summed E-state index contributed by atoms with van der Waals surface area (Å²) >= 11 is 0. The molecular formula is C28H28N4O4. The van der Waals surface area contributed by atoms with E-state index in [-0.39, 0.29) is 24.9 Å². The smallest absolute Gasteiger partial charge is 0.291 e. The minimum atomic E-state index is -1.18. The summed E-state index contributed by atoms with van der Waals surface area (Å²) in [6.07, 6.45) is 0. The largest absolute Gasteiger partial charge is 0.497 e. The summed E-state index contributed by atoms with van der Waals surface area (Å²) in [5.74, 6) is 0.989. The number of aromatic nitrogens is 2. The van der Waals surface area contributed by atoms with Crippen molar-refractivity contribution in [2.75, 3.05) is 14.2 Å². The van der Waals surface area contributed by atoms with E-state index < -0.39 is 5.54 Å². The van der Waals surface area contributed by atoms with Gasteiger partial charge in [-0.25, -0.2) is 4.98 Å². The molecule has 1 aliphatic heterocycles. The monoisotopic (exact) mass is 484 g/mol. The molecule has 1 unspecified atom stereocenters. The number of carbonyl (C=O) groups excluding carboxylic acids is 2. The third-order valence-electron chi connectivity index (χ3n) is 6.75. The maximum absolute atomic E-state index is 13.9. The van der Waals surface area contributed by atoms with Crippen LogP contribution < -0.4 is 14.8 Å². The second-order valence-electron chi connectivity index (χ2n) is 9.02. The Bertz CT molecular complexity index is 1430. The minimum Gasteiger partial charge on any atom is -0.497 e. The first-order chi connectivity index (χ1) is 17.4. The van der Waals surface area contributed by atoms with Crippen LogP contribution in [0, 0.1) is 0 Å². The summed E-state index contributed by atoms with van der Waals surface area (Å²) in [4.78, 5) is 33.9. The average Bonchev–Trinajstić information content (AvgIpc) is 3.28. The van der Waals surface area contributed by atoms with Crippen molar-refractivity contribution in [3.05, 3.63) is 89.7 Å². The predicted octanol–water partition coefficient (Wildman–Crippen LogP) is 3.78. The van der Waals surface area contributed by atoms with Gasteiger partial charge in [0, 0.05) is 12.1 Å². The van der Waals surface area contributed by atoms with Crippen LogP contribution >= 0.6 is 0 Å². The van der Waals surface area contributed by atoms with Crippen LogP contribution in [0.25, 0.3) is 11.0 Å². The Morgan fingerprint density at radius 1 is 1.03 bits per heavy atom. The van der Waals surface area contributed by atoms with Crippen LogP contribution in [0.2, 0.25) is 0 Å². The fourth-order valence-corrected chi connectivity index (χ4v) is 4.72. The zero-order valence-corrected chi connectivity index (χ0v) is 20.5. The number of fused-ring (bicyclic) bond motifs is 3. The van der Waals surface area contributed by atoms with Crippen molar-refractivity contribution in [1.29, 1.82) is 0 Å². The number of hydrogen-bond acceptors (Lipinski definition) is 5. The molecule has 1 N–H and O–H groups in total. The lowest BCUT2D eigenvalue weighted by molar-refractivity contribution is -0.133. The number of methoxy groups -OCH3 is 2. The Morgan fingerprint density at radius 3 is 2.53 bits per heavy atom. The molecular weight excluding hydrogens is 456 g/mol. The Morgan fingerprint density at radius 2 is 1.78 bits per heavy atom. The first-order valence-corrected chi connectivity index (χ1v) is 11.7. The zero-order valence-electron chi connectivity index (χ0n) is 20.5. The molecule has 2 heterocycles. The van der Waals surface area contributed by atoms with Crippen molar-refractivity contribution in [3.63, 3.8) is 0 Å². The van der Waals surface area contributed by atoms with Crippen molar-refractivity contribution in [2.24, 2.45) is 0 Å². The first kappa shape index (κ1) is 23.4. The maximum Gasteiger partial charge on any atom is 0.291 e. The molecule has 5 rings (SSSR count). The van der Waals surface area contributed by atoms with Crippen LogP contribution in [-0.2, 0) is 24.4 Å². The molecule has 2 amide bonds. The number of carbonyl (C=O) groups is 2. The fraction of sp³-hybridized carbons (Fsp3) is 0.250. The molecule has 1 aliphatic rings. The highest BCUT2D eigenvalue weighted by Crippen LogP contribution is 2.34. The van der Waals surface area contributed by atoms with E-state index in [1.54, 1.807) is 38.2 Å². The van der Waals surface area contributed by atoms with E-state index in [1.165, 1.54) is 0 Å². The van der Waals surface area contributed by atoms with E-state index in [1.807, 2.05) is 65.2 Å². The highest BCUT2D eigenvalue weighted by molar-refractivity contribution is 6.01. The lowest BCUT2D eigenvalue weighted by Crippen LogP contribution is -2.63. The summed E-state index contributed by atoms with van der Waals surface area (Å²) in [7, 11) is 3.16. The van der Waals surface area contributed by atoms with Gasteiger partial charge in [-0.2, -0.15) is 0 Å². The van der Waals surface area contributed by atoms with Gasteiger partial charge in [-0.3, -0.25) is 9.59 Å². The molecule has 0 saturated heterocycles. The highest BCUT2D eigenvalue weighted by atomic mass is 16.5. The van der Waals surface area contributed by atoms with Gasteiger partial charge in [-0.15, -0.1) is 0 Å². The minimum absolute atomic E-state index is 0.150. The number of amides is 2. The summed E-state index contributed by atoms with van der Waals surface area (Å²) in [6, 6.07) is 22.7. The summed E-state index contributed by atoms with van der Waals surface area (Å²) in [5.41, 5.74) is 2.06. The van der Waals surface area contributed by atoms with E-state index in [2.05, 4.69) is 10.3 Å². The molecule has 3 aromatic carbocycles. The fourth-order valence-electron chi connectivity index (χ4n) is 4.72. The standard InChI is InChI=1S/C28H28N4O4/c1-28(27(34)29-16-19-9-5-4-6-10-19)18-31-23-12-8-7-11-22(23)30-25(31)26(33)32(28)17-20-15-21(35-2)13-14-24(20)36-3/h4-15H,16-18H2,1-3H3,(H,29,34). The molecule has 8 nitrogen and oxygen atoms in total. The van der Waals surface area contributed by atoms with E-state index >= 15 is 0 Å². The van der Waals surface area contributed by atoms with Crippen LogP contribution in [0.1, 0.15) is 28.7 Å². The van der Waals surface area contributed by atoms with Crippen LogP contribution in [0.3, 0.4) is 0 Å². The third-order valence-corrected chi connectivity index (χ3v) is 6.75. The first-order valence-electron chi connectivity index (χ1n) is 11.7. The second-order valence-corrected chi connectivity index (χ2v) is 9.02. The molecule has 0 saturated carbocycles. The molecule has 0 radical (unpaired) electrons. The number of nitrogens with zero attached hydrogens (tertiary/aromatic N) is 3. The summed E-state index contributed by atoms with van der Waals surface area (Å²) in [6.45, 7) is 2.58. The number of nitrogens with one attached hydrogen (secondary N) is 1. The van der Waals surface area contributed by atoms with Gasteiger partial charge in [0.1, 0.15) is 17.0 Å². The van der Waals surface area contributed by atoms with Gasteiger partial charge in [0.05, 0.1) is 38.3 Å². The molecule has 0 aliphatic carbocycles. The van der Waals surface area contributed by atoms with Crippen molar-refractivity contribution in [1.82, 2.24) is 19.8 Å². The number of ether oxygens (including phenoxy) is 2. The average molecular weight is 485 g/mol. The van der Waals surface area contributed by atoms with Crippen LogP contribution in [0.5, 0.6) is 11.5 Å². The molecule has 1 aromatic heterocycles. The quantitative estimate of drug-likeness (QED) is 0.432. The van der Waals surface area contributed by atoms with Gasteiger partial charge in [-0.1, -0.05) is 42.5 Å². The van der Waals surface area contributed by atoms with Gasteiger partial charge >= 0.3 is 0 Å². The normalized spacial score (nSPS) is 17.1. The van der Waals surface area contributed by atoms with Gasteiger partial charge < -0.3 is 24.3 Å². The van der Waals surface area contributed by atoms with Gasteiger partial charge in [-0.05, 0) is 42.8 Å². The van der Waals surface area contributed by atoms with E-state index in [0.29, 0.717) is 29.4 Å². The van der Waals surface area contributed by atoms with Gasteiger partial charge in [0.2, 0.25) is 5.91 Å². The van der Waals surface area contributed by atoms with Crippen molar-refractivity contribution in [3.8, 4) is 11.5 Å². The number of rotatable bonds is 7. The SMILES string of the molecule is COc1ccc(OC)c(CN2C(=O)c3nc4ccccc4n3CC2(C)C(=O)NCc2ccccc2)c1. The number of imidazole rings is 1. The van der Waals surface area contributed by atoms with Crippen molar-refractivity contribution in [2.45, 2.75) is 32.1 Å². The Hall–Kier alpha value is -4.33. The Kier molecular flexibility index (Phi) is 6.10. The van der Waals surface area contributed by atoms with Crippen LogP contribution in [0.15, 0.2) is 72.8 Å². The Labute approximate surface area is 209 Å². The lowest BCUT2D eigenvalue weighted by Gasteiger charge is -2.43. The van der Waals surface area contributed by atoms with Crippen molar-refractivity contribution >= 4 is 22.8 Å². The van der Waals surface area contributed by atoms with E-state index in [9.17, 15) is 9.59 Å². The lowest BCUT2D eigenvalue weighted by atomic mass is 9.94. The van der Waals surface area contributed by atoms with Crippen LogP contribution in [-0.4, -0.2) is 46.0 Å². The van der Waals surface area contributed by atoms with E-state index in [0.717, 1.165) is 16.6 Å². The molecule has 0 spiro atoms. The van der Waals surface area contributed by atoms with E-state index in [4.69, 9.17) is 9.47 Å². The molecule has 0 fully saturated rings. The maximum atomic E-state index is 13.9. The molecule has 4 aromatic rings. The molecule has 0 bridgehead atoms. The topological polar surface area (TPSA) is 85.7 Å². The van der Waals surface area contributed by atoms with Gasteiger partial charge in [0.15, 0.2) is 5.82 Å².